The molecule has 5 aromatic rings. The summed E-state index contributed by atoms with van der Waals surface area (Å²) in [5.74, 6) is 2.17. The van der Waals surface area contributed by atoms with Crippen LogP contribution in [0.1, 0.15) is 17.0 Å². The van der Waals surface area contributed by atoms with Crippen molar-refractivity contribution in [3.8, 4) is 35.0 Å². The zero-order valence-electron chi connectivity index (χ0n) is 19.0. The summed E-state index contributed by atoms with van der Waals surface area (Å²) in [5, 5.41) is 19.0. The van der Waals surface area contributed by atoms with E-state index >= 15 is 0 Å². The standard InChI is InChI=1S/C25H20N8O2/c1-34-19-8-7-14(11-20(19)35-2)9-10-33-23(28)21(24-30-15-5-3-4-6-16(15)31-24)22-25(33)32-18(13-27)17(12-26)29-22/h3-8,11H,9-10,28H2,1-2H3,(H,30,31). The van der Waals surface area contributed by atoms with Crippen LogP contribution in [0.25, 0.3) is 33.6 Å². The van der Waals surface area contributed by atoms with E-state index in [-0.39, 0.29) is 11.4 Å². The van der Waals surface area contributed by atoms with Crippen molar-refractivity contribution in [1.82, 2.24) is 24.5 Å². The van der Waals surface area contributed by atoms with Gasteiger partial charge in [0.25, 0.3) is 0 Å². The van der Waals surface area contributed by atoms with Crippen molar-refractivity contribution in [2.75, 3.05) is 20.0 Å². The lowest BCUT2D eigenvalue weighted by Crippen LogP contribution is -2.07. The maximum absolute atomic E-state index is 9.52. The first-order chi connectivity index (χ1) is 17.1. The molecule has 0 bridgehead atoms. The number of nitrogens with one attached hydrogen (secondary N) is 1. The van der Waals surface area contributed by atoms with Gasteiger partial charge in [0.05, 0.1) is 30.8 Å². The Bertz CT molecular complexity index is 1640. The first-order valence-electron chi connectivity index (χ1n) is 10.7. The van der Waals surface area contributed by atoms with Crippen LogP contribution in [0, 0.1) is 22.7 Å². The monoisotopic (exact) mass is 464 g/mol. The number of aryl methyl sites for hydroxylation is 2. The van der Waals surface area contributed by atoms with Crippen molar-refractivity contribution >= 4 is 28.0 Å². The van der Waals surface area contributed by atoms with Crippen molar-refractivity contribution < 1.29 is 9.47 Å². The van der Waals surface area contributed by atoms with Crippen LogP contribution in [-0.2, 0) is 13.0 Å². The van der Waals surface area contributed by atoms with Gasteiger partial charge in [-0.25, -0.2) is 15.0 Å². The van der Waals surface area contributed by atoms with Crippen molar-refractivity contribution in [1.29, 1.82) is 10.5 Å². The van der Waals surface area contributed by atoms with Gasteiger partial charge in [-0.1, -0.05) is 18.2 Å². The smallest absolute Gasteiger partial charge is 0.179 e. The molecule has 5 rings (SSSR count). The Kier molecular flexibility index (Phi) is 5.40. The Hall–Kier alpha value is -5.09. The highest BCUT2D eigenvalue weighted by atomic mass is 16.5. The summed E-state index contributed by atoms with van der Waals surface area (Å²) in [7, 11) is 3.18. The fourth-order valence-electron chi connectivity index (χ4n) is 4.12. The van der Waals surface area contributed by atoms with E-state index in [0.29, 0.717) is 52.8 Å². The van der Waals surface area contributed by atoms with E-state index in [9.17, 15) is 10.5 Å². The zero-order valence-corrected chi connectivity index (χ0v) is 19.0. The van der Waals surface area contributed by atoms with Crippen LogP contribution in [0.2, 0.25) is 0 Å². The number of nitrogens with two attached hydrogens (primary N) is 1. The molecule has 0 saturated carbocycles. The van der Waals surface area contributed by atoms with E-state index in [1.165, 1.54) is 0 Å². The number of nitrogens with zero attached hydrogens (tertiary/aromatic N) is 6. The molecule has 0 unspecified atom stereocenters. The van der Waals surface area contributed by atoms with Crippen molar-refractivity contribution in [2.24, 2.45) is 0 Å². The minimum Gasteiger partial charge on any atom is -0.493 e. The summed E-state index contributed by atoms with van der Waals surface area (Å²) in [6.07, 6.45) is 0.595. The number of hydrogen-bond donors (Lipinski definition) is 2. The second-order valence-corrected chi connectivity index (χ2v) is 7.77. The number of aromatic nitrogens is 5. The number of para-hydroxylation sites is 2. The third-order valence-corrected chi connectivity index (χ3v) is 5.83. The van der Waals surface area contributed by atoms with E-state index in [0.717, 1.165) is 16.6 Å². The fraction of sp³-hybridized carbons (Fsp3) is 0.160. The Morgan fingerprint density at radius 1 is 0.971 bits per heavy atom. The maximum Gasteiger partial charge on any atom is 0.179 e. The van der Waals surface area contributed by atoms with Crippen molar-refractivity contribution in [2.45, 2.75) is 13.0 Å². The Balaban J connectivity index is 1.65. The number of imidazole rings is 1. The number of anilines is 1. The van der Waals surface area contributed by atoms with E-state index in [1.807, 2.05) is 54.6 Å². The van der Waals surface area contributed by atoms with Crippen LogP contribution in [0.4, 0.5) is 5.82 Å². The molecule has 35 heavy (non-hydrogen) atoms. The van der Waals surface area contributed by atoms with Crippen molar-refractivity contribution in [3.05, 3.63) is 59.4 Å². The molecule has 2 aromatic carbocycles. The van der Waals surface area contributed by atoms with Crippen LogP contribution in [0.15, 0.2) is 42.5 Å². The van der Waals surface area contributed by atoms with Gasteiger partial charge in [-0.05, 0) is 36.2 Å². The number of benzene rings is 2. The largest absolute Gasteiger partial charge is 0.493 e. The summed E-state index contributed by atoms with van der Waals surface area (Å²) in [6.45, 7) is 0.448. The van der Waals surface area contributed by atoms with Crippen LogP contribution < -0.4 is 15.2 Å². The fourth-order valence-corrected chi connectivity index (χ4v) is 4.12. The summed E-state index contributed by atoms with van der Waals surface area (Å²) >= 11 is 0. The number of nitrogen functional groups attached to an aromatic ring is 1. The number of hydrogen-bond acceptors (Lipinski definition) is 8. The van der Waals surface area contributed by atoms with Gasteiger partial charge in [0.1, 0.15) is 29.3 Å². The zero-order chi connectivity index (χ0) is 24.5. The number of aromatic amines is 1. The molecule has 0 spiro atoms. The topological polar surface area (TPSA) is 151 Å². The highest BCUT2D eigenvalue weighted by Crippen LogP contribution is 2.35. The van der Waals surface area contributed by atoms with E-state index in [4.69, 9.17) is 15.2 Å². The molecule has 3 heterocycles. The van der Waals surface area contributed by atoms with Gasteiger partial charge in [-0.3, -0.25) is 0 Å². The quantitative estimate of drug-likeness (QED) is 0.387. The van der Waals surface area contributed by atoms with Gasteiger partial charge in [-0.2, -0.15) is 10.5 Å². The second-order valence-electron chi connectivity index (χ2n) is 7.77. The number of H-pyrrole nitrogens is 1. The Labute approximate surface area is 200 Å². The predicted molar refractivity (Wildman–Crippen MR) is 130 cm³/mol. The number of rotatable bonds is 6. The van der Waals surface area contributed by atoms with Crippen molar-refractivity contribution in [3.63, 3.8) is 0 Å². The minimum atomic E-state index is -0.0607. The normalized spacial score (nSPS) is 10.9. The number of nitriles is 2. The van der Waals surface area contributed by atoms with Gasteiger partial charge >= 0.3 is 0 Å². The van der Waals surface area contributed by atoms with Gasteiger partial charge < -0.3 is 24.8 Å². The SMILES string of the molecule is COc1ccc(CCn2c(N)c(-c3nc4ccccc4[nH]3)c3nc(C#N)c(C#N)nc32)cc1OC. The molecule has 0 atom stereocenters. The first kappa shape index (κ1) is 21.7. The van der Waals surface area contributed by atoms with E-state index in [1.54, 1.807) is 18.8 Å². The van der Waals surface area contributed by atoms with Crippen LogP contribution in [0.3, 0.4) is 0 Å². The lowest BCUT2D eigenvalue weighted by molar-refractivity contribution is 0.354. The van der Waals surface area contributed by atoms with Gasteiger partial charge in [-0.15, -0.1) is 0 Å². The predicted octanol–water partition coefficient (Wildman–Crippen LogP) is 3.56. The molecular weight excluding hydrogens is 444 g/mol. The third kappa shape index (κ3) is 3.63. The van der Waals surface area contributed by atoms with E-state index < -0.39 is 0 Å². The van der Waals surface area contributed by atoms with Gasteiger partial charge in [0, 0.05) is 6.54 Å². The molecule has 10 heteroatoms. The summed E-state index contributed by atoms with van der Waals surface area (Å²) < 4.78 is 12.5. The molecule has 0 amide bonds. The summed E-state index contributed by atoms with van der Waals surface area (Å²) in [6, 6.07) is 17.2. The maximum atomic E-state index is 9.52. The first-order valence-corrected chi connectivity index (χ1v) is 10.7. The van der Waals surface area contributed by atoms with Crippen LogP contribution in [-0.4, -0.2) is 38.7 Å². The molecular formula is C25H20N8O2. The lowest BCUT2D eigenvalue weighted by Gasteiger charge is -2.11. The molecule has 172 valence electrons. The molecule has 0 saturated heterocycles. The molecule has 0 aliphatic rings. The second kappa shape index (κ2) is 8.69. The third-order valence-electron chi connectivity index (χ3n) is 5.83. The molecule has 0 fully saturated rings. The lowest BCUT2D eigenvalue weighted by atomic mass is 10.1. The minimum absolute atomic E-state index is 0.0546. The van der Waals surface area contributed by atoms with E-state index in [2.05, 4.69) is 19.9 Å². The van der Waals surface area contributed by atoms with Gasteiger partial charge in [0.2, 0.25) is 0 Å². The Morgan fingerprint density at radius 3 is 2.43 bits per heavy atom. The summed E-state index contributed by atoms with van der Waals surface area (Å²) in [5.41, 5.74) is 10.5. The Morgan fingerprint density at radius 2 is 1.71 bits per heavy atom. The van der Waals surface area contributed by atoms with Crippen LogP contribution >= 0.6 is 0 Å². The highest BCUT2D eigenvalue weighted by molar-refractivity contribution is 5.98. The molecule has 3 N–H and O–H groups in total. The molecule has 0 aliphatic carbocycles. The average molecular weight is 464 g/mol. The van der Waals surface area contributed by atoms with Gasteiger partial charge in [0.15, 0.2) is 28.5 Å². The number of fused-ring (bicyclic) bond motifs is 2. The highest BCUT2D eigenvalue weighted by Gasteiger charge is 2.24. The molecule has 3 aromatic heterocycles. The molecule has 10 nitrogen and oxygen atoms in total. The average Bonchev–Trinajstić information content (AvgIpc) is 3.43. The number of ether oxygens (including phenoxy) is 2. The molecule has 0 aliphatic heterocycles. The number of methoxy groups -OCH3 is 2. The molecule has 0 radical (unpaired) electrons. The summed E-state index contributed by atoms with van der Waals surface area (Å²) in [4.78, 5) is 16.8. The van der Waals surface area contributed by atoms with Crippen LogP contribution in [0.5, 0.6) is 11.5 Å².